The Kier molecular flexibility index (Phi) is 4.58. The summed E-state index contributed by atoms with van der Waals surface area (Å²) in [7, 11) is -1.59. The van der Waals surface area contributed by atoms with Crippen LogP contribution in [0.5, 0.6) is 0 Å². The van der Waals surface area contributed by atoms with E-state index in [1.54, 1.807) is 11.4 Å². The van der Waals surface area contributed by atoms with Crippen LogP contribution in [-0.2, 0) is 10.2 Å². The number of rotatable bonds is 4. The first-order valence-electron chi connectivity index (χ1n) is 5.18. The Morgan fingerprint density at radius 2 is 2.13 bits per heavy atom. The molecule has 1 unspecified atom stereocenters. The molecule has 0 aliphatic carbocycles. The Hall–Kier alpha value is 0.350. The van der Waals surface area contributed by atoms with Crippen molar-refractivity contribution in [3.05, 3.63) is 0 Å². The van der Waals surface area contributed by atoms with Gasteiger partial charge in [0.05, 0.1) is 0 Å². The summed E-state index contributed by atoms with van der Waals surface area (Å²) in [4.78, 5) is 0. The molecule has 1 aliphatic heterocycles. The van der Waals surface area contributed by atoms with Crippen LogP contribution in [0.1, 0.15) is 20.3 Å². The molecule has 0 amide bonds. The van der Waals surface area contributed by atoms with Gasteiger partial charge < -0.3 is 0 Å². The first-order chi connectivity index (χ1) is 6.89. The van der Waals surface area contributed by atoms with Crippen molar-refractivity contribution in [1.82, 2.24) is 8.61 Å². The molecule has 6 heteroatoms. The molecule has 0 bridgehead atoms. The third-order valence-corrected chi connectivity index (χ3v) is 5.93. The van der Waals surface area contributed by atoms with E-state index in [4.69, 9.17) is 0 Å². The van der Waals surface area contributed by atoms with Crippen LogP contribution in [0.3, 0.4) is 0 Å². The summed E-state index contributed by atoms with van der Waals surface area (Å²) in [6.07, 6.45) is 0.955. The second-order valence-electron chi connectivity index (χ2n) is 4.28. The van der Waals surface area contributed by atoms with E-state index in [2.05, 4.69) is 15.9 Å². The van der Waals surface area contributed by atoms with Crippen LogP contribution in [0.25, 0.3) is 0 Å². The Balaban J connectivity index is 2.72. The Labute approximate surface area is 101 Å². The third kappa shape index (κ3) is 2.93. The molecule has 90 valence electrons. The minimum atomic E-state index is -3.24. The predicted molar refractivity (Wildman–Crippen MR) is 65.3 cm³/mol. The molecular weight excluding hydrogens is 280 g/mol. The zero-order valence-corrected chi connectivity index (χ0v) is 11.9. The highest BCUT2D eigenvalue weighted by molar-refractivity contribution is 9.09. The highest BCUT2D eigenvalue weighted by Gasteiger charge is 2.34. The van der Waals surface area contributed by atoms with E-state index >= 15 is 0 Å². The Morgan fingerprint density at radius 3 is 2.53 bits per heavy atom. The van der Waals surface area contributed by atoms with E-state index in [0.29, 0.717) is 19.0 Å². The zero-order chi connectivity index (χ0) is 11.6. The van der Waals surface area contributed by atoms with Gasteiger partial charge in [0, 0.05) is 31.5 Å². The summed E-state index contributed by atoms with van der Waals surface area (Å²) in [5, 5.41) is 0.879. The summed E-state index contributed by atoms with van der Waals surface area (Å²) in [5.74, 6) is 0.459. The third-order valence-electron chi connectivity index (χ3n) is 2.88. The molecule has 4 nitrogen and oxygen atoms in total. The first kappa shape index (κ1) is 13.4. The van der Waals surface area contributed by atoms with Crippen molar-refractivity contribution in [1.29, 1.82) is 0 Å². The standard InChI is InChI=1S/C9H19BrN2O2S/c1-8(2)11(3)15(13,14)12-5-4-9(6-10)7-12/h8-9H,4-7H2,1-3H3. The number of halogens is 1. The van der Waals surface area contributed by atoms with Gasteiger partial charge >= 0.3 is 0 Å². The number of alkyl halides is 1. The maximum atomic E-state index is 12.1. The molecular formula is C9H19BrN2O2S. The number of nitrogens with zero attached hydrogens (tertiary/aromatic N) is 2. The van der Waals surface area contributed by atoms with E-state index in [-0.39, 0.29) is 6.04 Å². The van der Waals surface area contributed by atoms with Gasteiger partial charge in [-0.1, -0.05) is 15.9 Å². The van der Waals surface area contributed by atoms with Crippen LogP contribution >= 0.6 is 15.9 Å². The first-order valence-corrected chi connectivity index (χ1v) is 7.70. The molecule has 0 aromatic rings. The largest absolute Gasteiger partial charge is 0.281 e. The lowest BCUT2D eigenvalue weighted by atomic mass is 10.2. The lowest BCUT2D eigenvalue weighted by Crippen LogP contribution is -2.43. The fourth-order valence-electron chi connectivity index (χ4n) is 1.58. The van der Waals surface area contributed by atoms with Gasteiger partial charge in [0.15, 0.2) is 0 Å². The minimum absolute atomic E-state index is 0.0121. The predicted octanol–water partition coefficient (Wildman–Crippen LogP) is 1.29. The summed E-state index contributed by atoms with van der Waals surface area (Å²) in [6.45, 7) is 5.06. The smallest absolute Gasteiger partial charge is 0.195 e. The summed E-state index contributed by atoms with van der Waals surface area (Å²) < 4.78 is 27.2. The molecule has 1 rings (SSSR count). The molecule has 0 aromatic heterocycles. The summed E-state index contributed by atoms with van der Waals surface area (Å²) in [5.41, 5.74) is 0. The van der Waals surface area contributed by atoms with Gasteiger partial charge in [-0.25, -0.2) is 0 Å². The van der Waals surface area contributed by atoms with Gasteiger partial charge in [-0.2, -0.15) is 17.0 Å². The molecule has 15 heavy (non-hydrogen) atoms. The minimum Gasteiger partial charge on any atom is -0.195 e. The molecule has 1 saturated heterocycles. The average Bonchev–Trinajstić information content (AvgIpc) is 2.65. The highest BCUT2D eigenvalue weighted by Crippen LogP contribution is 2.22. The monoisotopic (exact) mass is 298 g/mol. The normalized spacial score (nSPS) is 24.3. The second-order valence-corrected chi connectivity index (χ2v) is 6.92. The lowest BCUT2D eigenvalue weighted by Gasteiger charge is -2.26. The molecule has 1 atom stereocenters. The molecule has 1 fully saturated rings. The van der Waals surface area contributed by atoms with E-state index in [0.717, 1.165) is 11.8 Å². The van der Waals surface area contributed by atoms with E-state index in [1.807, 2.05) is 13.8 Å². The Morgan fingerprint density at radius 1 is 1.53 bits per heavy atom. The van der Waals surface area contributed by atoms with E-state index in [1.165, 1.54) is 4.31 Å². The van der Waals surface area contributed by atoms with Crippen molar-refractivity contribution < 1.29 is 8.42 Å². The SMILES string of the molecule is CC(C)N(C)S(=O)(=O)N1CCC(CBr)C1. The number of hydrogen-bond acceptors (Lipinski definition) is 2. The molecule has 0 saturated carbocycles. The van der Waals surface area contributed by atoms with Crippen molar-refractivity contribution in [3.63, 3.8) is 0 Å². The van der Waals surface area contributed by atoms with Gasteiger partial charge in [0.25, 0.3) is 10.2 Å². The van der Waals surface area contributed by atoms with Crippen molar-refractivity contribution in [3.8, 4) is 0 Å². The fraction of sp³-hybridized carbons (Fsp3) is 1.00. The van der Waals surface area contributed by atoms with Gasteiger partial charge in [0.2, 0.25) is 0 Å². The molecule has 1 heterocycles. The maximum Gasteiger partial charge on any atom is 0.281 e. The topological polar surface area (TPSA) is 40.6 Å². The molecule has 0 radical (unpaired) electrons. The molecule has 0 N–H and O–H groups in total. The zero-order valence-electron chi connectivity index (χ0n) is 9.48. The molecule has 0 spiro atoms. The van der Waals surface area contributed by atoms with Crippen molar-refractivity contribution in [2.24, 2.45) is 5.92 Å². The van der Waals surface area contributed by atoms with Crippen LogP contribution in [0.4, 0.5) is 0 Å². The average molecular weight is 299 g/mol. The summed E-state index contributed by atoms with van der Waals surface area (Å²) >= 11 is 3.40. The molecule has 0 aromatic carbocycles. The highest BCUT2D eigenvalue weighted by atomic mass is 79.9. The fourth-order valence-corrected chi connectivity index (χ4v) is 3.74. The van der Waals surface area contributed by atoms with E-state index in [9.17, 15) is 8.42 Å². The van der Waals surface area contributed by atoms with E-state index < -0.39 is 10.2 Å². The van der Waals surface area contributed by atoms with Crippen LogP contribution in [0, 0.1) is 5.92 Å². The van der Waals surface area contributed by atoms with Crippen LogP contribution in [-0.4, -0.2) is 48.5 Å². The Bertz CT molecular complexity index is 305. The van der Waals surface area contributed by atoms with Crippen molar-refractivity contribution in [2.45, 2.75) is 26.3 Å². The van der Waals surface area contributed by atoms with Gasteiger partial charge in [-0.05, 0) is 26.2 Å². The van der Waals surface area contributed by atoms with Crippen molar-refractivity contribution in [2.75, 3.05) is 25.5 Å². The quantitative estimate of drug-likeness (QED) is 0.734. The van der Waals surface area contributed by atoms with Gasteiger partial charge in [-0.3, -0.25) is 0 Å². The molecule has 1 aliphatic rings. The van der Waals surface area contributed by atoms with Gasteiger partial charge in [-0.15, -0.1) is 0 Å². The maximum absolute atomic E-state index is 12.1. The number of hydrogen-bond donors (Lipinski definition) is 0. The van der Waals surface area contributed by atoms with Gasteiger partial charge in [0.1, 0.15) is 0 Å². The van der Waals surface area contributed by atoms with Crippen molar-refractivity contribution >= 4 is 26.1 Å². The van der Waals surface area contributed by atoms with Crippen LogP contribution in [0.15, 0.2) is 0 Å². The van der Waals surface area contributed by atoms with Crippen LogP contribution < -0.4 is 0 Å². The summed E-state index contributed by atoms with van der Waals surface area (Å²) in [6, 6.07) is 0.0121. The lowest BCUT2D eigenvalue weighted by molar-refractivity contribution is 0.356. The second kappa shape index (κ2) is 5.12. The van der Waals surface area contributed by atoms with Crippen LogP contribution in [0.2, 0.25) is 0 Å².